The van der Waals surface area contributed by atoms with Crippen LogP contribution in [0, 0.1) is 0 Å². The van der Waals surface area contributed by atoms with Gasteiger partial charge in [0.2, 0.25) is 0 Å². The molecule has 0 unspecified atom stereocenters. The normalized spacial score (nSPS) is 12.9. The average molecular weight is 152 g/mol. The van der Waals surface area contributed by atoms with Crippen molar-refractivity contribution in [3.8, 4) is 0 Å². The van der Waals surface area contributed by atoms with Crippen molar-refractivity contribution in [2.75, 3.05) is 12.3 Å². The zero-order valence-corrected chi connectivity index (χ0v) is 6.20. The van der Waals surface area contributed by atoms with E-state index in [0.29, 0.717) is 5.69 Å². The topological polar surface area (TPSA) is 72.3 Å². The number of hydrogen-bond donors (Lipinski definition) is 3. The van der Waals surface area contributed by atoms with Crippen LogP contribution in [-0.2, 0) is 0 Å². The molecule has 0 aromatic heterocycles. The molecule has 0 heterocycles. The monoisotopic (exact) mass is 152 g/mol. The zero-order chi connectivity index (χ0) is 8.27. The van der Waals surface area contributed by atoms with Gasteiger partial charge < -0.3 is 16.6 Å². The van der Waals surface area contributed by atoms with Crippen LogP contribution in [0.3, 0.4) is 0 Å². The number of aliphatic hydroxyl groups excluding tert-OH is 1. The van der Waals surface area contributed by atoms with Crippen molar-refractivity contribution in [3.63, 3.8) is 0 Å². The van der Waals surface area contributed by atoms with E-state index in [-0.39, 0.29) is 12.6 Å². The molecule has 0 fully saturated rings. The summed E-state index contributed by atoms with van der Waals surface area (Å²) in [5.74, 6) is 0. The first-order chi connectivity index (χ1) is 5.24. The summed E-state index contributed by atoms with van der Waals surface area (Å²) < 4.78 is 0. The molecule has 0 radical (unpaired) electrons. The molecule has 0 bridgehead atoms. The van der Waals surface area contributed by atoms with Gasteiger partial charge in [-0.15, -0.1) is 0 Å². The smallest absolute Gasteiger partial charge is 0.0624 e. The van der Waals surface area contributed by atoms with Gasteiger partial charge in [0.05, 0.1) is 12.6 Å². The highest BCUT2D eigenvalue weighted by atomic mass is 16.3. The molecule has 3 heteroatoms. The molecule has 0 aliphatic rings. The van der Waals surface area contributed by atoms with Gasteiger partial charge in [0, 0.05) is 5.69 Å². The van der Waals surface area contributed by atoms with Crippen LogP contribution in [0.2, 0.25) is 0 Å². The number of nitrogen functional groups attached to an aromatic ring is 1. The van der Waals surface area contributed by atoms with Gasteiger partial charge in [-0.1, -0.05) is 12.1 Å². The van der Waals surface area contributed by atoms with Gasteiger partial charge in [-0.2, -0.15) is 0 Å². The first-order valence-electron chi connectivity index (χ1n) is 3.46. The molecule has 3 nitrogen and oxygen atoms in total. The van der Waals surface area contributed by atoms with Crippen LogP contribution in [0.1, 0.15) is 11.6 Å². The van der Waals surface area contributed by atoms with E-state index in [4.69, 9.17) is 16.6 Å². The fourth-order valence-electron chi connectivity index (χ4n) is 0.895. The van der Waals surface area contributed by atoms with Crippen molar-refractivity contribution in [1.29, 1.82) is 0 Å². The minimum absolute atomic E-state index is 0.0521. The van der Waals surface area contributed by atoms with Crippen molar-refractivity contribution in [1.82, 2.24) is 0 Å². The second-order valence-electron chi connectivity index (χ2n) is 2.46. The molecule has 0 amide bonds. The number of rotatable bonds is 2. The van der Waals surface area contributed by atoms with Crippen LogP contribution in [0.5, 0.6) is 0 Å². The summed E-state index contributed by atoms with van der Waals surface area (Å²) in [5.41, 5.74) is 12.6. The zero-order valence-electron chi connectivity index (χ0n) is 6.20. The summed E-state index contributed by atoms with van der Waals surface area (Å²) in [6.45, 7) is -0.0521. The molecule has 11 heavy (non-hydrogen) atoms. The third-order valence-electron chi connectivity index (χ3n) is 1.54. The maximum atomic E-state index is 8.71. The second-order valence-corrected chi connectivity index (χ2v) is 2.46. The fourth-order valence-corrected chi connectivity index (χ4v) is 0.895. The maximum Gasteiger partial charge on any atom is 0.0624 e. The van der Waals surface area contributed by atoms with Crippen LogP contribution in [0.4, 0.5) is 5.69 Å². The van der Waals surface area contributed by atoms with Crippen LogP contribution in [-0.4, -0.2) is 11.7 Å². The maximum absolute atomic E-state index is 8.71. The molecule has 1 rings (SSSR count). The van der Waals surface area contributed by atoms with Crippen molar-refractivity contribution < 1.29 is 5.11 Å². The van der Waals surface area contributed by atoms with E-state index >= 15 is 0 Å². The lowest BCUT2D eigenvalue weighted by molar-refractivity contribution is 0.268. The molecule has 0 spiro atoms. The molecular weight excluding hydrogens is 140 g/mol. The number of aliphatic hydroxyl groups is 1. The Labute approximate surface area is 65.6 Å². The summed E-state index contributed by atoms with van der Waals surface area (Å²) in [7, 11) is 0. The summed E-state index contributed by atoms with van der Waals surface area (Å²) in [6.07, 6.45) is 0. The molecular formula is C8H12N2O. The average Bonchev–Trinajstić information content (AvgIpc) is 2.03. The standard InChI is InChI=1S/C8H12N2O/c9-7-3-1-2-6(4-7)8(10)5-11/h1-4,8,11H,5,9-10H2/t8-/m1/s1. The summed E-state index contributed by atoms with van der Waals surface area (Å²) in [5, 5.41) is 8.71. The van der Waals surface area contributed by atoms with E-state index < -0.39 is 0 Å². The predicted octanol–water partition coefficient (Wildman–Crippen LogP) is 0.261. The van der Waals surface area contributed by atoms with Gasteiger partial charge in [-0.05, 0) is 17.7 Å². The molecule has 0 saturated heterocycles. The van der Waals surface area contributed by atoms with Gasteiger partial charge in [0.15, 0.2) is 0 Å². The second kappa shape index (κ2) is 3.37. The lowest BCUT2D eigenvalue weighted by atomic mass is 10.1. The van der Waals surface area contributed by atoms with Crippen molar-refractivity contribution in [3.05, 3.63) is 29.8 Å². The molecule has 0 aliphatic carbocycles. The number of benzene rings is 1. The Morgan fingerprint density at radius 1 is 1.45 bits per heavy atom. The highest BCUT2D eigenvalue weighted by molar-refractivity contribution is 5.41. The largest absolute Gasteiger partial charge is 0.399 e. The lowest BCUT2D eigenvalue weighted by Crippen LogP contribution is -2.14. The first kappa shape index (κ1) is 8.04. The Hall–Kier alpha value is -1.06. The number of hydrogen-bond acceptors (Lipinski definition) is 3. The van der Waals surface area contributed by atoms with E-state index in [9.17, 15) is 0 Å². The van der Waals surface area contributed by atoms with Crippen molar-refractivity contribution in [2.45, 2.75) is 6.04 Å². The summed E-state index contributed by atoms with van der Waals surface area (Å²) >= 11 is 0. The van der Waals surface area contributed by atoms with Gasteiger partial charge >= 0.3 is 0 Å². The summed E-state index contributed by atoms with van der Waals surface area (Å²) in [6, 6.07) is 6.89. The van der Waals surface area contributed by atoms with E-state index in [1.54, 1.807) is 12.1 Å². The lowest BCUT2D eigenvalue weighted by Gasteiger charge is -2.07. The molecule has 5 N–H and O–H groups in total. The molecule has 0 aliphatic heterocycles. The van der Waals surface area contributed by atoms with Crippen LogP contribution in [0.15, 0.2) is 24.3 Å². The third kappa shape index (κ3) is 1.93. The van der Waals surface area contributed by atoms with E-state index in [0.717, 1.165) is 5.56 Å². The van der Waals surface area contributed by atoms with Crippen LogP contribution in [0.25, 0.3) is 0 Å². The minimum atomic E-state index is -0.321. The van der Waals surface area contributed by atoms with Gasteiger partial charge in [0.1, 0.15) is 0 Å². The SMILES string of the molecule is Nc1cccc([C@H](N)CO)c1. The molecule has 1 aromatic rings. The van der Waals surface area contributed by atoms with Gasteiger partial charge in [-0.25, -0.2) is 0 Å². The van der Waals surface area contributed by atoms with E-state index in [1.807, 2.05) is 12.1 Å². The van der Waals surface area contributed by atoms with Gasteiger partial charge in [-0.3, -0.25) is 0 Å². The van der Waals surface area contributed by atoms with Crippen molar-refractivity contribution in [2.24, 2.45) is 5.73 Å². The molecule has 1 aromatic carbocycles. The molecule has 60 valence electrons. The Balaban J connectivity index is 2.86. The van der Waals surface area contributed by atoms with Gasteiger partial charge in [0.25, 0.3) is 0 Å². The fraction of sp³-hybridized carbons (Fsp3) is 0.250. The third-order valence-corrected chi connectivity index (χ3v) is 1.54. The Morgan fingerprint density at radius 2 is 2.18 bits per heavy atom. The number of nitrogens with two attached hydrogens (primary N) is 2. The quantitative estimate of drug-likeness (QED) is 0.532. The van der Waals surface area contributed by atoms with E-state index in [2.05, 4.69) is 0 Å². The highest BCUT2D eigenvalue weighted by Gasteiger charge is 2.02. The van der Waals surface area contributed by atoms with E-state index in [1.165, 1.54) is 0 Å². The first-order valence-corrected chi connectivity index (χ1v) is 3.46. The predicted molar refractivity (Wildman–Crippen MR) is 44.9 cm³/mol. The Morgan fingerprint density at radius 3 is 2.73 bits per heavy atom. The van der Waals surface area contributed by atoms with Crippen molar-refractivity contribution >= 4 is 5.69 Å². The Bertz CT molecular complexity index is 237. The molecule has 1 atom stereocenters. The number of anilines is 1. The van der Waals surface area contributed by atoms with Crippen LogP contribution < -0.4 is 11.5 Å². The highest BCUT2D eigenvalue weighted by Crippen LogP contribution is 2.12. The summed E-state index contributed by atoms with van der Waals surface area (Å²) in [4.78, 5) is 0. The Kier molecular flexibility index (Phi) is 2.46. The molecule has 0 saturated carbocycles. The minimum Gasteiger partial charge on any atom is -0.399 e. The van der Waals surface area contributed by atoms with Crippen LogP contribution >= 0.6 is 0 Å².